The summed E-state index contributed by atoms with van der Waals surface area (Å²) in [5.74, 6) is -0.0492. The van der Waals surface area contributed by atoms with Gasteiger partial charge in [0.2, 0.25) is 11.8 Å². The lowest BCUT2D eigenvalue weighted by atomic mass is 10.2. The van der Waals surface area contributed by atoms with E-state index >= 15 is 0 Å². The van der Waals surface area contributed by atoms with Gasteiger partial charge in [-0.3, -0.25) is 9.59 Å². The lowest BCUT2D eigenvalue weighted by Crippen LogP contribution is -2.22. The first-order valence-electron chi connectivity index (χ1n) is 9.28. The summed E-state index contributed by atoms with van der Waals surface area (Å²) in [6.45, 7) is 3.93. The Morgan fingerprint density at radius 1 is 1.11 bits per heavy atom. The SMILES string of the molecule is CCCCC(=O)Nc1ccc(SC(C)C(=O)Nc2nc3ccccc3s2)cc1. The molecule has 5 nitrogen and oxygen atoms in total. The van der Waals surface area contributed by atoms with Crippen molar-refractivity contribution in [1.29, 1.82) is 0 Å². The van der Waals surface area contributed by atoms with Crippen molar-refractivity contribution < 1.29 is 9.59 Å². The van der Waals surface area contributed by atoms with Crippen molar-refractivity contribution in [1.82, 2.24) is 4.98 Å². The summed E-state index contributed by atoms with van der Waals surface area (Å²) in [4.78, 5) is 29.7. The van der Waals surface area contributed by atoms with E-state index in [0.29, 0.717) is 11.6 Å². The summed E-state index contributed by atoms with van der Waals surface area (Å²) in [7, 11) is 0. The van der Waals surface area contributed by atoms with Crippen LogP contribution in [0.15, 0.2) is 53.4 Å². The molecule has 0 saturated heterocycles. The van der Waals surface area contributed by atoms with E-state index in [4.69, 9.17) is 0 Å². The predicted molar refractivity (Wildman–Crippen MR) is 118 cm³/mol. The molecule has 0 radical (unpaired) electrons. The first-order valence-corrected chi connectivity index (χ1v) is 11.0. The molecular formula is C21H23N3O2S2. The number of anilines is 2. The molecule has 1 heterocycles. The third-order valence-corrected chi connectivity index (χ3v) is 6.17. The van der Waals surface area contributed by atoms with Crippen molar-refractivity contribution in [2.45, 2.75) is 43.3 Å². The second kappa shape index (κ2) is 9.71. The van der Waals surface area contributed by atoms with Crippen LogP contribution in [0.25, 0.3) is 10.2 Å². The Morgan fingerprint density at radius 2 is 1.86 bits per heavy atom. The van der Waals surface area contributed by atoms with Crippen LogP contribution < -0.4 is 10.6 Å². The lowest BCUT2D eigenvalue weighted by molar-refractivity contribution is -0.116. The number of hydrogen-bond acceptors (Lipinski definition) is 5. The van der Waals surface area contributed by atoms with Gasteiger partial charge in [0.25, 0.3) is 0 Å². The first-order chi connectivity index (χ1) is 13.5. The van der Waals surface area contributed by atoms with Crippen molar-refractivity contribution in [2.75, 3.05) is 10.6 Å². The average molecular weight is 414 g/mol. The number of aromatic nitrogens is 1. The fourth-order valence-corrected chi connectivity index (χ4v) is 4.30. The number of carbonyl (C=O) groups is 2. The van der Waals surface area contributed by atoms with Gasteiger partial charge in [0.1, 0.15) is 0 Å². The highest BCUT2D eigenvalue weighted by Gasteiger charge is 2.16. The predicted octanol–water partition coefficient (Wildman–Crippen LogP) is 5.54. The smallest absolute Gasteiger partial charge is 0.239 e. The molecule has 0 bridgehead atoms. The highest BCUT2D eigenvalue weighted by atomic mass is 32.2. The minimum atomic E-state index is -0.267. The van der Waals surface area contributed by atoms with E-state index in [0.717, 1.165) is 33.6 Å². The second-order valence-corrected chi connectivity index (χ2v) is 8.86. The molecule has 1 aromatic heterocycles. The highest BCUT2D eigenvalue weighted by Crippen LogP contribution is 2.28. The third kappa shape index (κ3) is 5.56. The molecule has 2 N–H and O–H groups in total. The maximum atomic E-state index is 12.5. The normalized spacial score (nSPS) is 11.9. The Hall–Kier alpha value is -2.38. The fraction of sp³-hybridized carbons (Fsp3) is 0.286. The van der Waals surface area contributed by atoms with Crippen molar-refractivity contribution in [3.05, 3.63) is 48.5 Å². The molecule has 28 heavy (non-hydrogen) atoms. The van der Waals surface area contributed by atoms with Gasteiger partial charge in [-0.25, -0.2) is 4.98 Å². The Bertz CT molecular complexity index is 921. The molecular weight excluding hydrogens is 390 g/mol. The lowest BCUT2D eigenvalue weighted by Gasteiger charge is -2.11. The third-order valence-electron chi connectivity index (χ3n) is 4.10. The standard InChI is InChI=1S/C21H23N3O2S2/c1-3-4-9-19(25)22-15-10-12-16(13-11-15)27-14(2)20(26)24-21-23-17-7-5-6-8-18(17)28-21/h5-8,10-14H,3-4,9H2,1-2H3,(H,22,25)(H,23,24,26). The van der Waals surface area contributed by atoms with E-state index in [1.165, 1.54) is 23.1 Å². The molecule has 0 fully saturated rings. The van der Waals surface area contributed by atoms with Crippen LogP contribution in [0.2, 0.25) is 0 Å². The van der Waals surface area contributed by atoms with Gasteiger partial charge >= 0.3 is 0 Å². The van der Waals surface area contributed by atoms with Crippen LogP contribution in [0, 0.1) is 0 Å². The zero-order valence-electron chi connectivity index (χ0n) is 15.9. The Balaban J connectivity index is 1.54. The summed E-state index contributed by atoms with van der Waals surface area (Å²) in [6, 6.07) is 15.4. The quantitative estimate of drug-likeness (QED) is 0.475. The molecule has 0 aliphatic heterocycles. The van der Waals surface area contributed by atoms with Gasteiger partial charge in [0, 0.05) is 17.0 Å². The number of hydrogen-bond donors (Lipinski definition) is 2. The number of thioether (sulfide) groups is 1. The van der Waals surface area contributed by atoms with Gasteiger partial charge in [0.15, 0.2) is 5.13 Å². The van der Waals surface area contributed by atoms with Crippen molar-refractivity contribution in [3.8, 4) is 0 Å². The average Bonchev–Trinajstić information content (AvgIpc) is 3.10. The van der Waals surface area contributed by atoms with Gasteiger partial charge in [-0.15, -0.1) is 11.8 Å². The zero-order valence-corrected chi connectivity index (χ0v) is 17.5. The zero-order chi connectivity index (χ0) is 19.9. The molecule has 0 spiro atoms. The highest BCUT2D eigenvalue weighted by molar-refractivity contribution is 8.00. The molecule has 146 valence electrons. The van der Waals surface area contributed by atoms with Gasteiger partial charge in [-0.1, -0.05) is 36.8 Å². The summed E-state index contributed by atoms with van der Waals surface area (Å²) in [5, 5.41) is 6.14. The molecule has 7 heteroatoms. The molecule has 0 saturated carbocycles. The number of unbranched alkanes of at least 4 members (excludes halogenated alkanes) is 1. The van der Waals surface area contributed by atoms with E-state index < -0.39 is 0 Å². The number of nitrogens with zero attached hydrogens (tertiary/aromatic N) is 1. The van der Waals surface area contributed by atoms with Gasteiger partial charge < -0.3 is 10.6 Å². The van der Waals surface area contributed by atoms with Crippen LogP contribution in [0.5, 0.6) is 0 Å². The maximum Gasteiger partial charge on any atom is 0.239 e. The second-order valence-electron chi connectivity index (χ2n) is 6.41. The monoisotopic (exact) mass is 413 g/mol. The topological polar surface area (TPSA) is 71.1 Å². The number of carbonyl (C=O) groups excluding carboxylic acids is 2. The van der Waals surface area contributed by atoms with E-state index in [1.54, 1.807) is 0 Å². The summed E-state index contributed by atoms with van der Waals surface area (Å²) in [5.41, 5.74) is 1.66. The van der Waals surface area contributed by atoms with Crippen LogP contribution in [-0.2, 0) is 9.59 Å². The molecule has 3 rings (SSSR count). The number of rotatable bonds is 8. The number of nitrogens with one attached hydrogen (secondary N) is 2. The van der Waals surface area contributed by atoms with Crippen molar-refractivity contribution in [3.63, 3.8) is 0 Å². The van der Waals surface area contributed by atoms with E-state index in [1.807, 2.05) is 55.5 Å². The van der Waals surface area contributed by atoms with Gasteiger partial charge in [-0.05, 0) is 49.7 Å². The molecule has 0 aliphatic carbocycles. The van der Waals surface area contributed by atoms with Crippen LogP contribution in [0.3, 0.4) is 0 Å². The van der Waals surface area contributed by atoms with E-state index in [2.05, 4.69) is 22.5 Å². The van der Waals surface area contributed by atoms with Crippen molar-refractivity contribution in [2.24, 2.45) is 0 Å². The summed E-state index contributed by atoms with van der Waals surface area (Å²) < 4.78 is 1.05. The number of fused-ring (bicyclic) bond motifs is 1. The van der Waals surface area contributed by atoms with Crippen LogP contribution in [-0.4, -0.2) is 22.0 Å². The molecule has 2 amide bonds. The Labute approximate surface area is 172 Å². The van der Waals surface area contributed by atoms with Gasteiger partial charge in [0.05, 0.1) is 15.5 Å². The van der Waals surface area contributed by atoms with Gasteiger partial charge in [-0.2, -0.15) is 0 Å². The fourth-order valence-electron chi connectivity index (χ4n) is 2.57. The Morgan fingerprint density at radius 3 is 2.57 bits per heavy atom. The van der Waals surface area contributed by atoms with Crippen LogP contribution in [0.1, 0.15) is 33.1 Å². The van der Waals surface area contributed by atoms with Crippen molar-refractivity contribution >= 4 is 55.9 Å². The van der Waals surface area contributed by atoms with Crippen LogP contribution in [0.4, 0.5) is 10.8 Å². The first kappa shape index (κ1) is 20.4. The molecule has 2 aromatic carbocycles. The number of amides is 2. The number of thiazole rings is 1. The summed E-state index contributed by atoms with van der Waals surface area (Å²) >= 11 is 2.94. The number of benzene rings is 2. The molecule has 0 aliphatic rings. The number of para-hydroxylation sites is 1. The summed E-state index contributed by atoms with van der Waals surface area (Å²) in [6.07, 6.45) is 2.43. The molecule has 1 atom stereocenters. The largest absolute Gasteiger partial charge is 0.326 e. The maximum absolute atomic E-state index is 12.5. The molecule has 3 aromatic rings. The van der Waals surface area contributed by atoms with Crippen LogP contribution >= 0.6 is 23.1 Å². The minimum absolute atomic E-state index is 0.0332. The Kier molecular flexibility index (Phi) is 7.06. The van der Waals surface area contributed by atoms with E-state index in [-0.39, 0.29) is 17.1 Å². The minimum Gasteiger partial charge on any atom is -0.326 e. The van der Waals surface area contributed by atoms with E-state index in [9.17, 15) is 9.59 Å². The molecule has 1 unspecified atom stereocenters.